The molecule has 1 aliphatic heterocycles. The van der Waals surface area contributed by atoms with E-state index >= 15 is 0 Å². The summed E-state index contributed by atoms with van der Waals surface area (Å²) in [5.41, 5.74) is 10.5. The normalized spacial score (nSPS) is 19.5. The SMILES string of the molecule is NC(=O)C1CCN(S(=O)(=O)c2cc(N)ccc2C(=O)O)C1. The molecule has 21 heavy (non-hydrogen) atoms. The van der Waals surface area contributed by atoms with Gasteiger partial charge in [0.15, 0.2) is 0 Å². The Morgan fingerprint density at radius 3 is 2.52 bits per heavy atom. The molecule has 1 atom stereocenters. The molecule has 1 fully saturated rings. The van der Waals surface area contributed by atoms with E-state index in [1.54, 1.807) is 0 Å². The maximum atomic E-state index is 12.5. The summed E-state index contributed by atoms with van der Waals surface area (Å²) in [5.74, 6) is -2.49. The molecule has 1 unspecified atom stereocenters. The van der Waals surface area contributed by atoms with Crippen LogP contribution in [0.3, 0.4) is 0 Å². The number of carboxylic acids is 1. The van der Waals surface area contributed by atoms with Crippen molar-refractivity contribution in [1.29, 1.82) is 0 Å². The van der Waals surface area contributed by atoms with E-state index in [9.17, 15) is 18.0 Å². The second-order valence-corrected chi connectivity index (χ2v) is 6.72. The molecule has 0 aromatic heterocycles. The third-order valence-electron chi connectivity index (χ3n) is 3.41. The fourth-order valence-corrected chi connectivity index (χ4v) is 3.97. The van der Waals surface area contributed by atoms with Gasteiger partial charge in [-0.1, -0.05) is 0 Å². The molecule has 114 valence electrons. The molecule has 0 bridgehead atoms. The number of rotatable bonds is 4. The lowest BCUT2D eigenvalue weighted by Gasteiger charge is -2.17. The van der Waals surface area contributed by atoms with Crippen molar-refractivity contribution < 1.29 is 23.1 Å². The number of hydrogen-bond acceptors (Lipinski definition) is 5. The predicted molar refractivity (Wildman–Crippen MR) is 73.9 cm³/mol. The van der Waals surface area contributed by atoms with Crippen LogP contribution in [0.5, 0.6) is 0 Å². The van der Waals surface area contributed by atoms with Crippen molar-refractivity contribution in [2.45, 2.75) is 11.3 Å². The second-order valence-electron chi connectivity index (χ2n) is 4.81. The molecular weight excluding hydrogens is 298 g/mol. The van der Waals surface area contributed by atoms with E-state index in [2.05, 4.69) is 0 Å². The highest BCUT2D eigenvalue weighted by molar-refractivity contribution is 7.89. The Morgan fingerprint density at radius 1 is 1.33 bits per heavy atom. The third-order valence-corrected chi connectivity index (χ3v) is 5.31. The van der Waals surface area contributed by atoms with Crippen LogP contribution in [0.1, 0.15) is 16.8 Å². The molecule has 8 nitrogen and oxygen atoms in total. The number of anilines is 1. The zero-order valence-electron chi connectivity index (χ0n) is 11.0. The van der Waals surface area contributed by atoms with Crippen molar-refractivity contribution in [2.24, 2.45) is 11.7 Å². The van der Waals surface area contributed by atoms with E-state index in [1.165, 1.54) is 6.07 Å². The molecule has 9 heteroatoms. The lowest BCUT2D eigenvalue weighted by molar-refractivity contribution is -0.121. The standard InChI is InChI=1S/C12H15N3O5S/c13-8-1-2-9(12(17)18)10(5-8)21(19,20)15-4-3-7(6-15)11(14)16/h1-2,5,7H,3-4,6,13H2,(H2,14,16)(H,17,18). The number of benzene rings is 1. The van der Waals surface area contributed by atoms with Crippen LogP contribution in [0.4, 0.5) is 5.69 Å². The first-order chi connectivity index (χ1) is 9.73. The zero-order valence-corrected chi connectivity index (χ0v) is 11.8. The quantitative estimate of drug-likeness (QED) is 0.637. The number of carboxylic acid groups (broad SMARTS) is 1. The number of primary amides is 1. The minimum absolute atomic E-state index is 0.0501. The number of hydrogen-bond donors (Lipinski definition) is 3. The molecule has 1 aliphatic rings. The van der Waals surface area contributed by atoms with Crippen LogP contribution < -0.4 is 11.5 Å². The van der Waals surface area contributed by atoms with E-state index < -0.39 is 27.8 Å². The van der Waals surface area contributed by atoms with Gasteiger partial charge in [0.2, 0.25) is 15.9 Å². The second kappa shape index (κ2) is 5.34. The average Bonchev–Trinajstić information content (AvgIpc) is 2.88. The number of nitrogens with zero attached hydrogens (tertiary/aromatic N) is 1. The Kier molecular flexibility index (Phi) is 3.88. The highest BCUT2D eigenvalue weighted by Crippen LogP contribution is 2.27. The van der Waals surface area contributed by atoms with Crippen molar-refractivity contribution in [2.75, 3.05) is 18.8 Å². The van der Waals surface area contributed by atoms with Crippen LogP contribution in [0.15, 0.2) is 23.1 Å². The molecule has 1 saturated heterocycles. The van der Waals surface area contributed by atoms with Gasteiger partial charge in [-0.25, -0.2) is 13.2 Å². The highest BCUT2D eigenvalue weighted by atomic mass is 32.2. The van der Waals surface area contributed by atoms with E-state index in [0.717, 1.165) is 16.4 Å². The Balaban J connectivity index is 2.43. The zero-order chi connectivity index (χ0) is 15.8. The van der Waals surface area contributed by atoms with Gasteiger partial charge in [-0.15, -0.1) is 0 Å². The van der Waals surface area contributed by atoms with E-state index in [1.807, 2.05) is 0 Å². The number of carbonyl (C=O) groups excluding carboxylic acids is 1. The number of nitrogens with two attached hydrogens (primary N) is 2. The summed E-state index contributed by atoms with van der Waals surface area (Å²) in [6, 6.07) is 3.57. The summed E-state index contributed by atoms with van der Waals surface area (Å²) in [5, 5.41) is 9.11. The molecule has 1 amide bonds. The molecule has 0 spiro atoms. The minimum Gasteiger partial charge on any atom is -0.478 e. The van der Waals surface area contributed by atoms with Gasteiger partial charge in [-0.2, -0.15) is 4.31 Å². The molecule has 1 heterocycles. The van der Waals surface area contributed by atoms with Crippen molar-refractivity contribution in [3.63, 3.8) is 0 Å². The summed E-state index contributed by atoms with van der Waals surface area (Å²) >= 11 is 0. The van der Waals surface area contributed by atoms with Crippen LogP contribution in [-0.4, -0.2) is 42.8 Å². The van der Waals surface area contributed by atoms with Gasteiger partial charge in [0.05, 0.1) is 16.4 Å². The van der Waals surface area contributed by atoms with Gasteiger partial charge in [-0.05, 0) is 24.6 Å². The lowest BCUT2D eigenvalue weighted by Crippen LogP contribution is -2.32. The Bertz CT molecular complexity index is 701. The molecule has 0 saturated carbocycles. The third kappa shape index (κ3) is 2.83. The average molecular weight is 313 g/mol. The summed E-state index contributed by atoms with van der Waals surface area (Å²) < 4.78 is 26.1. The van der Waals surface area contributed by atoms with Gasteiger partial charge in [-0.3, -0.25) is 4.79 Å². The van der Waals surface area contributed by atoms with Crippen molar-refractivity contribution in [3.05, 3.63) is 23.8 Å². The first-order valence-electron chi connectivity index (χ1n) is 6.15. The van der Waals surface area contributed by atoms with Crippen molar-refractivity contribution >= 4 is 27.6 Å². The summed E-state index contributed by atoms with van der Waals surface area (Å²) in [6.45, 7) is 0.0648. The maximum Gasteiger partial charge on any atom is 0.337 e. The number of nitrogen functional groups attached to an aromatic ring is 1. The summed E-state index contributed by atoms with van der Waals surface area (Å²) in [7, 11) is -4.04. The van der Waals surface area contributed by atoms with E-state index in [0.29, 0.717) is 6.42 Å². The molecule has 0 radical (unpaired) electrons. The van der Waals surface area contributed by atoms with Crippen molar-refractivity contribution in [3.8, 4) is 0 Å². The molecular formula is C12H15N3O5S. The largest absolute Gasteiger partial charge is 0.478 e. The Labute approximate surface area is 121 Å². The number of sulfonamides is 1. The molecule has 0 aliphatic carbocycles. The molecule has 2 rings (SSSR count). The van der Waals surface area contributed by atoms with Crippen LogP contribution >= 0.6 is 0 Å². The van der Waals surface area contributed by atoms with Crippen LogP contribution in [0, 0.1) is 5.92 Å². The first-order valence-corrected chi connectivity index (χ1v) is 7.59. The lowest BCUT2D eigenvalue weighted by atomic mass is 10.1. The number of aromatic carboxylic acids is 1. The summed E-state index contributed by atoms with van der Waals surface area (Å²) in [4.78, 5) is 21.9. The van der Waals surface area contributed by atoms with Crippen molar-refractivity contribution in [1.82, 2.24) is 4.31 Å². The maximum absolute atomic E-state index is 12.5. The van der Waals surface area contributed by atoms with Gasteiger partial charge in [0.25, 0.3) is 0 Å². The Hall–Kier alpha value is -2.13. The van der Waals surface area contributed by atoms with E-state index in [-0.39, 0.29) is 29.2 Å². The minimum atomic E-state index is -4.04. The predicted octanol–water partition coefficient (Wildman–Crippen LogP) is -0.537. The smallest absolute Gasteiger partial charge is 0.337 e. The molecule has 5 N–H and O–H groups in total. The fourth-order valence-electron chi connectivity index (χ4n) is 2.25. The molecule has 1 aromatic rings. The van der Waals surface area contributed by atoms with Crippen LogP contribution in [0.2, 0.25) is 0 Å². The highest BCUT2D eigenvalue weighted by Gasteiger charge is 2.36. The monoisotopic (exact) mass is 313 g/mol. The van der Waals surface area contributed by atoms with Gasteiger partial charge in [0.1, 0.15) is 0 Å². The fraction of sp³-hybridized carbons (Fsp3) is 0.333. The van der Waals surface area contributed by atoms with Gasteiger partial charge in [0, 0.05) is 18.8 Å². The molecule has 1 aromatic carbocycles. The van der Waals surface area contributed by atoms with Gasteiger partial charge < -0.3 is 16.6 Å². The van der Waals surface area contributed by atoms with E-state index in [4.69, 9.17) is 16.6 Å². The Morgan fingerprint density at radius 2 is 2.00 bits per heavy atom. The number of carbonyl (C=O) groups is 2. The van der Waals surface area contributed by atoms with Crippen LogP contribution in [-0.2, 0) is 14.8 Å². The topological polar surface area (TPSA) is 144 Å². The van der Waals surface area contributed by atoms with Gasteiger partial charge >= 0.3 is 5.97 Å². The van der Waals surface area contributed by atoms with Crippen LogP contribution in [0.25, 0.3) is 0 Å². The number of amides is 1. The summed E-state index contributed by atoms with van der Waals surface area (Å²) in [6.07, 6.45) is 0.319. The first kappa shape index (κ1) is 15.3.